The van der Waals surface area contributed by atoms with Crippen LogP contribution in [0.3, 0.4) is 0 Å². The number of aromatic nitrogens is 1. The number of rotatable bonds is 9. The summed E-state index contributed by atoms with van der Waals surface area (Å²) in [5.41, 5.74) is 10.6. The van der Waals surface area contributed by atoms with E-state index in [9.17, 15) is 24.3 Å². The monoisotopic (exact) mass is 498 g/mol. The smallest absolute Gasteiger partial charge is 0.404 e. The second-order valence-corrected chi connectivity index (χ2v) is 9.42. The fourth-order valence-electron chi connectivity index (χ4n) is 3.01. The van der Waals surface area contributed by atoms with E-state index in [1.165, 1.54) is 17.1 Å². The van der Waals surface area contributed by atoms with Crippen LogP contribution in [0, 0.1) is 5.92 Å². The minimum Gasteiger partial charge on any atom is -0.477 e. The van der Waals surface area contributed by atoms with Crippen LogP contribution in [0.5, 0.6) is 0 Å². The van der Waals surface area contributed by atoms with E-state index < -0.39 is 35.3 Å². The number of thioether (sulfide) groups is 1. The number of nitrogen functional groups attached to an aromatic ring is 1. The molecule has 1 aromatic rings. The Labute approximate surface area is 196 Å². The summed E-state index contributed by atoms with van der Waals surface area (Å²) in [5.74, 6) is -2.38. The third kappa shape index (κ3) is 5.36. The number of ether oxygens (including phenoxy) is 1. The van der Waals surface area contributed by atoms with Crippen LogP contribution in [0.25, 0.3) is 0 Å². The number of aliphatic carboxylic acids is 1. The van der Waals surface area contributed by atoms with Crippen molar-refractivity contribution in [2.45, 2.75) is 25.3 Å². The van der Waals surface area contributed by atoms with E-state index in [4.69, 9.17) is 16.3 Å². The van der Waals surface area contributed by atoms with Crippen molar-refractivity contribution in [3.63, 3.8) is 0 Å². The molecule has 0 radical (unpaired) electrons. The second kappa shape index (κ2) is 10.1. The van der Waals surface area contributed by atoms with E-state index in [1.807, 2.05) is 13.8 Å². The highest BCUT2D eigenvalue weighted by Gasteiger charge is 2.54. The van der Waals surface area contributed by atoms with Crippen LogP contribution in [0.15, 0.2) is 21.8 Å². The molecule has 2 atom stereocenters. The van der Waals surface area contributed by atoms with Crippen molar-refractivity contribution in [2.24, 2.45) is 16.8 Å². The first-order valence-electron chi connectivity index (χ1n) is 9.64. The predicted octanol–water partition coefficient (Wildman–Crippen LogP) is -0.0641. The van der Waals surface area contributed by atoms with Gasteiger partial charge >= 0.3 is 12.1 Å². The van der Waals surface area contributed by atoms with Gasteiger partial charge in [0.05, 0.1) is 0 Å². The molecule has 1 saturated heterocycles. The number of amides is 3. The zero-order valence-corrected chi connectivity index (χ0v) is 19.3. The Morgan fingerprint density at radius 2 is 2.15 bits per heavy atom. The maximum atomic E-state index is 12.9. The number of nitrogens with zero attached hydrogens (tertiary/aromatic N) is 3. The molecule has 1 fully saturated rings. The van der Waals surface area contributed by atoms with Gasteiger partial charge in [0, 0.05) is 16.7 Å². The number of carboxylic acids is 1. The Balaban J connectivity index is 1.77. The molecule has 0 bridgehead atoms. The van der Waals surface area contributed by atoms with Gasteiger partial charge in [-0.15, -0.1) is 23.1 Å². The number of carbonyl (C=O) groups excluding carboxylic acids is 3. The molecule has 0 spiro atoms. The lowest BCUT2D eigenvalue weighted by Gasteiger charge is -2.49. The van der Waals surface area contributed by atoms with Gasteiger partial charge in [0.25, 0.3) is 11.8 Å². The number of oxime groups is 1. The van der Waals surface area contributed by atoms with Gasteiger partial charge < -0.3 is 31.5 Å². The number of fused-ring (bicyclic) bond motifs is 1. The number of primary amides is 1. The summed E-state index contributed by atoms with van der Waals surface area (Å²) in [6, 6.07) is -0.998. The van der Waals surface area contributed by atoms with E-state index >= 15 is 0 Å². The second-order valence-electron chi connectivity index (χ2n) is 7.43. The van der Waals surface area contributed by atoms with Crippen molar-refractivity contribution >= 4 is 57.8 Å². The minimum absolute atomic E-state index is 0.153. The van der Waals surface area contributed by atoms with Crippen molar-refractivity contribution in [1.29, 1.82) is 0 Å². The van der Waals surface area contributed by atoms with Gasteiger partial charge in [-0.05, 0) is 5.92 Å². The third-order valence-electron chi connectivity index (χ3n) is 4.47. The molecule has 3 heterocycles. The Morgan fingerprint density at radius 3 is 2.73 bits per heavy atom. The van der Waals surface area contributed by atoms with Gasteiger partial charge in [-0.2, -0.15) is 0 Å². The molecule has 0 aliphatic carbocycles. The summed E-state index contributed by atoms with van der Waals surface area (Å²) in [7, 11) is 0. The maximum Gasteiger partial charge on any atom is 0.404 e. The first kappa shape index (κ1) is 24.3. The fourth-order valence-corrected chi connectivity index (χ4v) is 4.89. The summed E-state index contributed by atoms with van der Waals surface area (Å²) in [4.78, 5) is 58.7. The van der Waals surface area contributed by atoms with Crippen molar-refractivity contribution in [3.05, 3.63) is 22.3 Å². The van der Waals surface area contributed by atoms with Crippen molar-refractivity contribution in [1.82, 2.24) is 15.2 Å². The standard InChI is InChI=1S/C18H22N6O7S2/c1-7(2)3-31-23-10(9-6-33-17(19)21-9)13(25)22-11-14(26)24-12(16(27)28)8(4-30-18(20)29)5-32-15(11)24/h6-7,11,15H,3-5H2,1-2H3,(H2,19,21)(H2,20,29)(H,22,25)(H,27,28)/t11?,15-/m1/s1. The topological polar surface area (TPSA) is 200 Å². The maximum absolute atomic E-state index is 12.9. The number of hydrogen-bond acceptors (Lipinski definition) is 11. The van der Waals surface area contributed by atoms with Gasteiger partial charge in [-0.25, -0.2) is 14.6 Å². The SMILES string of the molecule is CC(C)CON=C(C(=O)NC1C(=O)N2C(C(=O)O)=C(COC(N)=O)CS[C@H]12)c1csc(N)n1. The van der Waals surface area contributed by atoms with Crippen LogP contribution in [-0.4, -0.2) is 75.0 Å². The lowest BCUT2D eigenvalue weighted by molar-refractivity contribution is -0.150. The minimum atomic E-state index is -1.36. The number of β-lactam (4-membered cyclic amide) rings is 1. The molecule has 2 aliphatic heterocycles. The molecule has 13 nitrogen and oxygen atoms in total. The lowest BCUT2D eigenvalue weighted by Crippen LogP contribution is -2.71. The Morgan fingerprint density at radius 1 is 1.42 bits per heavy atom. The Hall–Kier alpha value is -3.33. The highest BCUT2D eigenvalue weighted by atomic mass is 32.2. The van der Waals surface area contributed by atoms with Crippen LogP contribution < -0.4 is 16.8 Å². The van der Waals surface area contributed by atoms with Gasteiger partial charge in [-0.1, -0.05) is 19.0 Å². The van der Waals surface area contributed by atoms with E-state index in [0.717, 1.165) is 16.2 Å². The van der Waals surface area contributed by atoms with Crippen LogP contribution in [-0.2, 0) is 24.0 Å². The molecular formula is C18H22N6O7S2. The van der Waals surface area contributed by atoms with E-state index in [0.29, 0.717) is 0 Å². The molecular weight excluding hydrogens is 476 g/mol. The molecule has 3 rings (SSSR count). The third-order valence-corrected chi connectivity index (χ3v) is 6.48. The summed E-state index contributed by atoms with van der Waals surface area (Å²) in [6.45, 7) is 3.73. The zero-order chi connectivity index (χ0) is 24.3. The van der Waals surface area contributed by atoms with Gasteiger partial charge in [0.15, 0.2) is 10.8 Å². The molecule has 0 aromatic carbocycles. The molecule has 1 unspecified atom stereocenters. The van der Waals surface area contributed by atoms with Crippen LogP contribution in [0.1, 0.15) is 19.5 Å². The molecule has 3 amide bonds. The molecule has 33 heavy (non-hydrogen) atoms. The molecule has 0 saturated carbocycles. The van der Waals surface area contributed by atoms with E-state index in [-0.39, 0.29) is 52.7 Å². The molecule has 1 aromatic heterocycles. The largest absolute Gasteiger partial charge is 0.477 e. The Bertz CT molecular complexity index is 1040. The predicted molar refractivity (Wildman–Crippen MR) is 119 cm³/mol. The number of carbonyl (C=O) groups is 4. The van der Waals surface area contributed by atoms with Crippen molar-refractivity contribution in [2.75, 3.05) is 24.7 Å². The summed E-state index contributed by atoms with van der Waals surface area (Å²) >= 11 is 2.33. The van der Waals surface area contributed by atoms with E-state index in [1.54, 1.807) is 0 Å². The van der Waals surface area contributed by atoms with Crippen LogP contribution in [0.4, 0.5) is 9.93 Å². The van der Waals surface area contributed by atoms with Gasteiger partial charge in [0.2, 0.25) is 0 Å². The number of anilines is 1. The van der Waals surface area contributed by atoms with Gasteiger partial charge in [-0.3, -0.25) is 14.5 Å². The molecule has 178 valence electrons. The number of hydrogen-bond donors (Lipinski definition) is 4. The molecule has 6 N–H and O–H groups in total. The van der Waals surface area contributed by atoms with Crippen molar-refractivity contribution in [3.8, 4) is 0 Å². The summed E-state index contributed by atoms with van der Waals surface area (Å²) in [5, 5.41) is 17.1. The van der Waals surface area contributed by atoms with Crippen molar-refractivity contribution < 1.29 is 33.9 Å². The van der Waals surface area contributed by atoms with Gasteiger partial charge in [0.1, 0.15) is 36.0 Å². The summed E-state index contributed by atoms with van der Waals surface area (Å²) in [6.07, 6.45) is -1.06. The normalized spacial score (nSPS) is 20.3. The number of carboxylic acid groups (broad SMARTS) is 1. The average Bonchev–Trinajstić information content (AvgIpc) is 3.17. The zero-order valence-electron chi connectivity index (χ0n) is 17.6. The van der Waals surface area contributed by atoms with Crippen LogP contribution >= 0.6 is 23.1 Å². The first-order valence-corrected chi connectivity index (χ1v) is 11.6. The first-order chi connectivity index (χ1) is 15.6. The number of thiazole rings is 1. The summed E-state index contributed by atoms with van der Waals surface area (Å²) < 4.78 is 4.68. The quantitative estimate of drug-likeness (QED) is 0.203. The molecule has 15 heteroatoms. The average molecular weight is 499 g/mol. The number of nitrogens with one attached hydrogen (secondary N) is 1. The fraction of sp³-hybridized carbons (Fsp3) is 0.444. The molecule has 2 aliphatic rings. The highest BCUT2D eigenvalue weighted by Crippen LogP contribution is 2.40. The highest BCUT2D eigenvalue weighted by molar-refractivity contribution is 8.00. The van der Waals surface area contributed by atoms with Crippen LogP contribution in [0.2, 0.25) is 0 Å². The number of nitrogens with two attached hydrogens (primary N) is 2. The van der Waals surface area contributed by atoms with E-state index in [2.05, 4.69) is 20.2 Å². The Kier molecular flexibility index (Phi) is 7.43. The lowest BCUT2D eigenvalue weighted by atomic mass is 10.0.